The third-order valence-electron chi connectivity index (χ3n) is 8.24. The summed E-state index contributed by atoms with van der Waals surface area (Å²) in [6.45, 7) is 5.62. The van der Waals surface area contributed by atoms with Crippen LogP contribution in [0.1, 0.15) is 43.5 Å². The van der Waals surface area contributed by atoms with Crippen molar-refractivity contribution in [3.8, 4) is 11.5 Å². The maximum Gasteiger partial charge on any atom is 0.256 e. The molecule has 3 rings (SSSR count). The molecule has 0 radical (unpaired) electrons. The predicted octanol–water partition coefficient (Wildman–Crippen LogP) is 3.08. The van der Waals surface area contributed by atoms with Gasteiger partial charge in [-0.3, -0.25) is 14.5 Å². The molecule has 2 N–H and O–H groups in total. The summed E-state index contributed by atoms with van der Waals surface area (Å²) in [4.78, 5) is 33.1. The van der Waals surface area contributed by atoms with Gasteiger partial charge in [0.05, 0.1) is 25.8 Å². The molecule has 262 valence electrons. The standard InChI is InChI=1S/C35H52FN3O8/c1-25(2)20-26-21-38(35(43)27-12-6-7-13-28(27)36)22-32(45-5)34(42)29(40)24-46-18-11-10-16-39(26)33(41)23-37(3)17-19-47-31-15-9-8-14-30(31)44-4/h6-9,12-15,25-26,29,32,34,40,42H,10-11,16-24H2,1-5H3/t26-,29-,32-,34-/m1/s1. The molecule has 1 saturated heterocycles. The Morgan fingerprint density at radius 1 is 1.04 bits per heavy atom. The highest BCUT2D eigenvalue weighted by Gasteiger charge is 2.34. The summed E-state index contributed by atoms with van der Waals surface area (Å²) in [7, 11) is 4.81. The van der Waals surface area contributed by atoms with Crippen LogP contribution in [-0.2, 0) is 14.3 Å². The topological polar surface area (TPSA) is 121 Å². The molecule has 47 heavy (non-hydrogen) atoms. The normalized spacial score (nSPS) is 21.8. The van der Waals surface area contributed by atoms with Gasteiger partial charge in [0, 0.05) is 45.9 Å². The van der Waals surface area contributed by atoms with Crippen LogP contribution in [0.4, 0.5) is 4.39 Å². The van der Waals surface area contributed by atoms with E-state index in [4.69, 9.17) is 18.9 Å². The Morgan fingerprint density at radius 3 is 2.43 bits per heavy atom. The number of likely N-dealkylation sites (N-methyl/N-ethyl adjacent to an activating group) is 1. The number of para-hydroxylation sites is 2. The smallest absolute Gasteiger partial charge is 0.256 e. The van der Waals surface area contributed by atoms with Crippen molar-refractivity contribution in [2.24, 2.45) is 5.92 Å². The summed E-state index contributed by atoms with van der Waals surface area (Å²) < 4.78 is 37.3. The van der Waals surface area contributed by atoms with Gasteiger partial charge in [0.25, 0.3) is 5.91 Å². The fourth-order valence-electron chi connectivity index (χ4n) is 5.68. The van der Waals surface area contributed by atoms with E-state index in [0.29, 0.717) is 57.1 Å². The van der Waals surface area contributed by atoms with Gasteiger partial charge in [-0.15, -0.1) is 0 Å². The Labute approximate surface area is 278 Å². The molecule has 1 aliphatic heterocycles. The number of halogens is 1. The number of rotatable bonds is 11. The number of hydrogen-bond donors (Lipinski definition) is 2. The van der Waals surface area contributed by atoms with Crippen LogP contribution in [-0.4, -0.2) is 135 Å². The van der Waals surface area contributed by atoms with E-state index in [1.165, 1.54) is 30.2 Å². The molecule has 2 aromatic carbocycles. The second kappa shape index (κ2) is 19.5. The molecular formula is C35H52FN3O8. The lowest BCUT2D eigenvalue weighted by atomic mass is 9.99. The molecule has 0 saturated carbocycles. The van der Waals surface area contributed by atoms with Crippen LogP contribution in [0.25, 0.3) is 0 Å². The van der Waals surface area contributed by atoms with Gasteiger partial charge in [0.15, 0.2) is 11.5 Å². The highest BCUT2D eigenvalue weighted by Crippen LogP contribution is 2.26. The van der Waals surface area contributed by atoms with Crippen molar-refractivity contribution >= 4 is 11.8 Å². The molecule has 1 heterocycles. The molecule has 2 aromatic rings. The van der Waals surface area contributed by atoms with Gasteiger partial charge in [-0.1, -0.05) is 38.1 Å². The summed E-state index contributed by atoms with van der Waals surface area (Å²) in [6, 6.07) is 12.7. The number of amides is 2. The summed E-state index contributed by atoms with van der Waals surface area (Å²) in [5.41, 5.74) is -0.127. The molecule has 11 nitrogen and oxygen atoms in total. The second-order valence-electron chi connectivity index (χ2n) is 12.4. The summed E-state index contributed by atoms with van der Waals surface area (Å²) in [6.07, 6.45) is -1.79. The van der Waals surface area contributed by atoms with Gasteiger partial charge in [0.1, 0.15) is 30.7 Å². The maximum absolute atomic E-state index is 14.9. The van der Waals surface area contributed by atoms with E-state index in [2.05, 4.69) is 0 Å². The monoisotopic (exact) mass is 661 g/mol. The third-order valence-corrected chi connectivity index (χ3v) is 8.24. The zero-order chi connectivity index (χ0) is 34.3. The van der Waals surface area contributed by atoms with Gasteiger partial charge in [-0.25, -0.2) is 4.39 Å². The number of carbonyl (C=O) groups is 2. The van der Waals surface area contributed by atoms with E-state index in [1.807, 2.05) is 55.0 Å². The maximum atomic E-state index is 14.9. The van der Waals surface area contributed by atoms with Crippen molar-refractivity contribution in [2.75, 3.05) is 73.8 Å². The van der Waals surface area contributed by atoms with E-state index in [9.17, 15) is 24.2 Å². The van der Waals surface area contributed by atoms with Crippen LogP contribution in [0.3, 0.4) is 0 Å². The Kier molecular flexibility index (Phi) is 15.8. The first-order valence-electron chi connectivity index (χ1n) is 16.3. The number of hydrogen-bond acceptors (Lipinski definition) is 9. The first-order valence-corrected chi connectivity index (χ1v) is 16.3. The number of nitrogens with zero attached hydrogens (tertiary/aromatic N) is 3. The summed E-state index contributed by atoms with van der Waals surface area (Å²) in [5, 5.41) is 21.5. The first-order chi connectivity index (χ1) is 22.5. The van der Waals surface area contributed by atoms with E-state index in [-0.39, 0.29) is 43.6 Å². The Hall–Kier alpha value is -3.29. The molecule has 0 unspecified atom stereocenters. The lowest BCUT2D eigenvalue weighted by Gasteiger charge is -2.39. The Bertz CT molecular complexity index is 1250. The van der Waals surface area contributed by atoms with E-state index < -0.39 is 36.1 Å². The van der Waals surface area contributed by atoms with Gasteiger partial charge in [-0.05, 0) is 56.5 Å². The molecule has 0 aliphatic carbocycles. The zero-order valence-electron chi connectivity index (χ0n) is 28.3. The highest BCUT2D eigenvalue weighted by molar-refractivity contribution is 5.94. The zero-order valence-corrected chi connectivity index (χ0v) is 28.3. The van der Waals surface area contributed by atoms with Gasteiger partial charge >= 0.3 is 0 Å². The quantitative estimate of drug-likeness (QED) is 0.374. The minimum absolute atomic E-state index is 0.0802. The first kappa shape index (κ1) is 38.2. The van der Waals surface area contributed by atoms with Gasteiger partial charge in [0.2, 0.25) is 5.91 Å². The highest BCUT2D eigenvalue weighted by atomic mass is 19.1. The molecule has 0 aromatic heterocycles. The largest absolute Gasteiger partial charge is 0.493 e. The molecule has 1 aliphatic rings. The van der Waals surface area contributed by atoms with E-state index >= 15 is 0 Å². The molecule has 2 amide bonds. The predicted molar refractivity (Wildman–Crippen MR) is 176 cm³/mol. The minimum atomic E-state index is -1.37. The molecule has 0 bridgehead atoms. The van der Waals surface area contributed by atoms with Crippen LogP contribution in [0, 0.1) is 11.7 Å². The molecule has 0 spiro atoms. The molecule has 12 heteroatoms. The molecule has 1 fully saturated rings. The average Bonchev–Trinajstić information content (AvgIpc) is 3.05. The van der Waals surface area contributed by atoms with Crippen LogP contribution >= 0.6 is 0 Å². The molecular weight excluding hydrogens is 609 g/mol. The minimum Gasteiger partial charge on any atom is -0.493 e. The van der Waals surface area contributed by atoms with Crippen molar-refractivity contribution in [1.82, 2.24) is 14.7 Å². The SMILES string of the molecule is COc1ccccc1OCCN(C)CC(=O)N1CCCCOC[C@@H](O)[C@@H](O)[C@H](OC)CN(C(=O)c2ccccc2F)C[C@H]1CC(C)C. The number of aliphatic hydroxyl groups excluding tert-OH is 2. The fourth-order valence-corrected chi connectivity index (χ4v) is 5.68. The second-order valence-corrected chi connectivity index (χ2v) is 12.4. The van der Waals surface area contributed by atoms with Crippen molar-refractivity contribution < 1.29 is 43.1 Å². The van der Waals surface area contributed by atoms with Gasteiger partial charge in [-0.2, -0.15) is 0 Å². The van der Waals surface area contributed by atoms with Crippen molar-refractivity contribution in [3.05, 3.63) is 59.9 Å². The lowest BCUT2D eigenvalue weighted by molar-refractivity contribution is -0.136. The Morgan fingerprint density at radius 2 is 1.74 bits per heavy atom. The number of benzene rings is 2. The van der Waals surface area contributed by atoms with Crippen LogP contribution in [0.15, 0.2) is 48.5 Å². The Balaban J connectivity index is 1.87. The van der Waals surface area contributed by atoms with Gasteiger partial charge < -0.3 is 39.0 Å². The average molecular weight is 662 g/mol. The van der Waals surface area contributed by atoms with E-state index in [0.717, 1.165) is 0 Å². The number of aliphatic hydroxyl groups is 2. The summed E-state index contributed by atoms with van der Waals surface area (Å²) >= 11 is 0. The number of ether oxygens (including phenoxy) is 4. The molecule has 4 atom stereocenters. The lowest BCUT2D eigenvalue weighted by Crippen LogP contribution is -2.55. The third kappa shape index (κ3) is 11.7. The van der Waals surface area contributed by atoms with Crippen molar-refractivity contribution in [3.63, 3.8) is 0 Å². The van der Waals surface area contributed by atoms with Crippen molar-refractivity contribution in [1.29, 1.82) is 0 Å². The van der Waals surface area contributed by atoms with Crippen LogP contribution in [0.2, 0.25) is 0 Å². The number of carbonyl (C=O) groups excluding carboxylic acids is 2. The summed E-state index contributed by atoms with van der Waals surface area (Å²) in [5.74, 6) is 0.0355. The van der Waals surface area contributed by atoms with Crippen LogP contribution in [0.5, 0.6) is 11.5 Å². The van der Waals surface area contributed by atoms with E-state index in [1.54, 1.807) is 13.2 Å². The number of methoxy groups -OCH3 is 2. The van der Waals surface area contributed by atoms with Crippen molar-refractivity contribution in [2.45, 2.75) is 57.5 Å². The fraction of sp³-hybridized carbons (Fsp3) is 0.600. The van der Waals surface area contributed by atoms with Crippen LogP contribution < -0.4 is 9.47 Å².